The highest BCUT2D eigenvalue weighted by Crippen LogP contribution is 2.17. The Bertz CT molecular complexity index is 395. The van der Waals surface area contributed by atoms with Crippen molar-refractivity contribution in [3.63, 3.8) is 0 Å². The molecular formula is C11H17BrN4O. The Balaban J connectivity index is 2.70. The zero-order valence-electron chi connectivity index (χ0n) is 10.2. The second kappa shape index (κ2) is 6.56. The lowest BCUT2D eigenvalue weighted by molar-refractivity contribution is 0.0951. The van der Waals surface area contributed by atoms with Crippen molar-refractivity contribution in [2.75, 3.05) is 39.5 Å². The second-order valence-corrected chi connectivity index (χ2v) is 4.77. The van der Waals surface area contributed by atoms with Gasteiger partial charge in [-0.05, 0) is 36.1 Å². The molecule has 0 aromatic carbocycles. The van der Waals surface area contributed by atoms with Gasteiger partial charge in [-0.25, -0.2) is 4.98 Å². The van der Waals surface area contributed by atoms with E-state index in [1.165, 1.54) is 0 Å². The predicted octanol–water partition coefficient (Wildman–Crippen LogP) is 1.18. The molecule has 6 heteroatoms. The van der Waals surface area contributed by atoms with Gasteiger partial charge in [0.1, 0.15) is 5.82 Å². The third kappa shape index (κ3) is 4.32. The lowest BCUT2D eigenvalue weighted by Gasteiger charge is -2.12. The van der Waals surface area contributed by atoms with E-state index in [4.69, 9.17) is 0 Å². The van der Waals surface area contributed by atoms with Crippen LogP contribution in [-0.2, 0) is 0 Å². The van der Waals surface area contributed by atoms with Gasteiger partial charge in [-0.15, -0.1) is 0 Å². The number of aromatic nitrogens is 1. The molecule has 5 nitrogen and oxygen atoms in total. The summed E-state index contributed by atoms with van der Waals surface area (Å²) >= 11 is 3.31. The topological polar surface area (TPSA) is 57.3 Å². The van der Waals surface area contributed by atoms with Crippen LogP contribution in [0.3, 0.4) is 0 Å². The van der Waals surface area contributed by atoms with Gasteiger partial charge in [0.2, 0.25) is 0 Å². The van der Waals surface area contributed by atoms with Crippen molar-refractivity contribution >= 4 is 27.7 Å². The Morgan fingerprint density at radius 1 is 1.53 bits per heavy atom. The standard InChI is InChI=1S/C11H17BrN4O/c1-13-10-9(6-8(12)7-15-10)11(17)14-4-5-16(2)3/h6-7H,4-5H2,1-3H3,(H,13,15)(H,14,17). The maximum Gasteiger partial charge on any atom is 0.255 e. The van der Waals surface area contributed by atoms with Crippen LogP contribution in [0.15, 0.2) is 16.7 Å². The lowest BCUT2D eigenvalue weighted by atomic mass is 10.2. The molecule has 0 atom stereocenters. The summed E-state index contributed by atoms with van der Waals surface area (Å²) in [6.07, 6.45) is 1.66. The fourth-order valence-corrected chi connectivity index (χ4v) is 1.63. The summed E-state index contributed by atoms with van der Waals surface area (Å²) in [6.45, 7) is 1.42. The van der Waals surface area contributed by atoms with E-state index in [0.29, 0.717) is 17.9 Å². The van der Waals surface area contributed by atoms with Crippen molar-refractivity contribution < 1.29 is 4.79 Å². The molecule has 1 rings (SSSR count). The monoisotopic (exact) mass is 300 g/mol. The summed E-state index contributed by atoms with van der Waals surface area (Å²) in [5, 5.41) is 5.75. The van der Waals surface area contributed by atoms with Crippen LogP contribution in [0, 0.1) is 0 Å². The third-order valence-corrected chi connectivity index (χ3v) is 2.61. The smallest absolute Gasteiger partial charge is 0.255 e. The molecule has 0 fully saturated rings. The van der Waals surface area contributed by atoms with Crippen LogP contribution in [0.25, 0.3) is 0 Å². The largest absolute Gasteiger partial charge is 0.372 e. The molecule has 0 spiro atoms. The van der Waals surface area contributed by atoms with Gasteiger partial charge in [-0.1, -0.05) is 0 Å². The van der Waals surface area contributed by atoms with E-state index in [2.05, 4.69) is 31.5 Å². The van der Waals surface area contributed by atoms with Gasteiger partial charge in [0.25, 0.3) is 5.91 Å². The highest BCUT2D eigenvalue weighted by atomic mass is 79.9. The number of nitrogens with one attached hydrogen (secondary N) is 2. The molecular weight excluding hydrogens is 284 g/mol. The van der Waals surface area contributed by atoms with Crippen molar-refractivity contribution in [2.45, 2.75) is 0 Å². The number of hydrogen-bond acceptors (Lipinski definition) is 4. The molecule has 0 saturated heterocycles. The van der Waals surface area contributed by atoms with E-state index >= 15 is 0 Å². The number of halogens is 1. The van der Waals surface area contributed by atoms with Crippen LogP contribution in [0.2, 0.25) is 0 Å². The van der Waals surface area contributed by atoms with Crippen molar-refractivity contribution in [2.24, 2.45) is 0 Å². The zero-order valence-corrected chi connectivity index (χ0v) is 11.8. The molecule has 0 unspecified atom stereocenters. The summed E-state index contributed by atoms with van der Waals surface area (Å²) in [4.78, 5) is 18.1. The average molecular weight is 301 g/mol. The molecule has 1 aromatic rings. The van der Waals surface area contributed by atoms with Gasteiger partial charge in [-0.3, -0.25) is 4.79 Å². The van der Waals surface area contributed by atoms with Crippen LogP contribution >= 0.6 is 15.9 Å². The molecule has 17 heavy (non-hydrogen) atoms. The summed E-state index contributed by atoms with van der Waals surface area (Å²) in [7, 11) is 5.67. The van der Waals surface area contributed by atoms with Gasteiger partial charge < -0.3 is 15.5 Å². The highest BCUT2D eigenvalue weighted by molar-refractivity contribution is 9.10. The van der Waals surface area contributed by atoms with Crippen LogP contribution in [0.1, 0.15) is 10.4 Å². The van der Waals surface area contributed by atoms with Crippen LogP contribution in [0.5, 0.6) is 0 Å². The molecule has 0 bridgehead atoms. The maximum absolute atomic E-state index is 11.9. The molecule has 0 aliphatic heterocycles. The number of likely N-dealkylation sites (N-methyl/N-ethyl adjacent to an activating group) is 1. The molecule has 1 heterocycles. The molecule has 0 aliphatic carbocycles. The number of amides is 1. The second-order valence-electron chi connectivity index (χ2n) is 3.86. The van der Waals surface area contributed by atoms with Crippen molar-refractivity contribution in [1.82, 2.24) is 15.2 Å². The quantitative estimate of drug-likeness (QED) is 0.857. The number of nitrogens with zero attached hydrogens (tertiary/aromatic N) is 2. The first kappa shape index (κ1) is 13.9. The Labute approximate surface area is 110 Å². The first-order chi connectivity index (χ1) is 8.04. The van der Waals surface area contributed by atoms with Gasteiger partial charge in [0.05, 0.1) is 5.56 Å². The molecule has 2 N–H and O–H groups in total. The first-order valence-electron chi connectivity index (χ1n) is 5.31. The molecule has 1 amide bonds. The summed E-state index contributed by atoms with van der Waals surface area (Å²) in [5.41, 5.74) is 0.542. The Kier molecular flexibility index (Phi) is 5.37. The normalized spacial score (nSPS) is 10.4. The van der Waals surface area contributed by atoms with E-state index in [9.17, 15) is 4.79 Å². The molecule has 0 saturated carbocycles. The maximum atomic E-state index is 11.9. The fraction of sp³-hybridized carbons (Fsp3) is 0.455. The number of carbonyl (C=O) groups excluding carboxylic acids is 1. The van der Waals surface area contributed by atoms with Gasteiger partial charge in [-0.2, -0.15) is 0 Å². The minimum Gasteiger partial charge on any atom is -0.372 e. The van der Waals surface area contributed by atoms with E-state index < -0.39 is 0 Å². The van der Waals surface area contributed by atoms with Crippen molar-refractivity contribution in [3.05, 3.63) is 22.3 Å². The van der Waals surface area contributed by atoms with E-state index in [1.54, 1.807) is 19.3 Å². The Hall–Kier alpha value is -1.14. The SMILES string of the molecule is CNc1ncc(Br)cc1C(=O)NCCN(C)C. The van der Waals surface area contributed by atoms with Gasteiger partial charge >= 0.3 is 0 Å². The van der Waals surface area contributed by atoms with E-state index in [1.807, 2.05) is 19.0 Å². The number of hydrogen-bond donors (Lipinski definition) is 2. The molecule has 0 radical (unpaired) electrons. The Morgan fingerprint density at radius 3 is 2.82 bits per heavy atom. The average Bonchev–Trinajstić information content (AvgIpc) is 2.28. The molecule has 1 aromatic heterocycles. The van der Waals surface area contributed by atoms with Crippen LogP contribution in [-0.4, -0.2) is 50.0 Å². The summed E-state index contributed by atoms with van der Waals surface area (Å²) in [5.74, 6) is 0.459. The fourth-order valence-electron chi connectivity index (χ4n) is 1.30. The summed E-state index contributed by atoms with van der Waals surface area (Å²) < 4.78 is 0.786. The number of pyridine rings is 1. The van der Waals surface area contributed by atoms with E-state index in [0.717, 1.165) is 11.0 Å². The number of anilines is 1. The molecule has 94 valence electrons. The van der Waals surface area contributed by atoms with Gasteiger partial charge in [0, 0.05) is 30.8 Å². The highest BCUT2D eigenvalue weighted by Gasteiger charge is 2.11. The summed E-state index contributed by atoms with van der Waals surface area (Å²) in [6, 6.07) is 1.75. The molecule has 0 aliphatic rings. The minimum atomic E-state index is -0.120. The first-order valence-corrected chi connectivity index (χ1v) is 6.10. The lowest BCUT2D eigenvalue weighted by Crippen LogP contribution is -2.31. The number of carbonyl (C=O) groups is 1. The van der Waals surface area contributed by atoms with Crippen LogP contribution in [0.4, 0.5) is 5.82 Å². The van der Waals surface area contributed by atoms with E-state index in [-0.39, 0.29) is 5.91 Å². The third-order valence-electron chi connectivity index (χ3n) is 2.18. The predicted molar refractivity (Wildman–Crippen MR) is 72.4 cm³/mol. The zero-order chi connectivity index (χ0) is 12.8. The Morgan fingerprint density at radius 2 is 2.24 bits per heavy atom. The van der Waals surface area contributed by atoms with Crippen molar-refractivity contribution in [1.29, 1.82) is 0 Å². The van der Waals surface area contributed by atoms with Crippen LogP contribution < -0.4 is 10.6 Å². The number of rotatable bonds is 5. The van der Waals surface area contributed by atoms with Crippen molar-refractivity contribution in [3.8, 4) is 0 Å². The van der Waals surface area contributed by atoms with Gasteiger partial charge in [0.15, 0.2) is 0 Å². The minimum absolute atomic E-state index is 0.120.